The lowest BCUT2D eigenvalue weighted by Gasteiger charge is -2.32. The van der Waals surface area contributed by atoms with Crippen LogP contribution in [0.1, 0.15) is 24.8 Å². The van der Waals surface area contributed by atoms with Gasteiger partial charge in [-0.2, -0.15) is 0 Å². The molecular formula is C19H18F2N4O3. The number of hydrogen-bond acceptors (Lipinski definition) is 6. The van der Waals surface area contributed by atoms with Gasteiger partial charge in [0.25, 0.3) is 5.91 Å². The third-order valence-electron chi connectivity index (χ3n) is 4.76. The summed E-state index contributed by atoms with van der Waals surface area (Å²) in [7, 11) is 0. The first-order valence-corrected chi connectivity index (χ1v) is 9.00. The molecule has 1 atom stereocenters. The number of piperidine rings is 1. The van der Waals surface area contributed by atoms with Gasteiger partial charge in [0.05, 0.1) is 11.9 Å². The molecule has 7 nitrogen and oxygen atoms in total. The van der Waals surface area contributed by atoms with Gasteiger partial charge in [-0.15, -0.1) is 0 Å². The minimum absolute atomic E-state index is 0.0198. The quantitative estimate of drug-likeness (QED) is 0.803. The summed E-state index contributed by atoms with van der Waals surface area (Å²) in [5.74, 6) is -0.923. The summed E-state index contributed by atoms with van der Waals surface area (Å²) in [5, 5.41) is 3.80. The molecule has 146 valence electrons. The minimum atomic E-state index is -0.824. The molecule has 1 aromatic carbocycles. The van der Waals surface area contributed by atoms with Crippen LogP contribution in [-0.4, -0.2) is 51.8 Å². The van der Waals surface area contributed by atoms with E-state index in [2.05, 4.69) is 15.1 Å². The second-order valence-electron chi connectivity index (χ2n) is 6.65. The molecule has 2 aromatic rings. The van der Waals surface area contributed by atoms with Crippen LogP contribution in [0.3, 0.4) is 0 Å². The predicted molar refractivity (Wildman–Crippen MR) is 94.6 cm³/mol. The first kappa shape index (κ1) is 18.3. The van der Waals surface area contributed by atoms with Crippen LogP contribution in [0.4, 0.5) is 8.78 Å². The number of halogens is 2. The number of rotatable bonds is 4. The molecule has 2 aliphatic rings. The van der Waals surface area contributed by atoms with E-state index in [0.29, 0.717) is 31.8 Å². The van der Waals surface area contributed by atoms with E-state index in [1.54, 1.807) is 23.5 Å². The van der Waals surface area contributed by atoms with E-state index >= 15 is 0 Å². The van der Waals surface area contributed by atoms with Crippen LogP contribution in [0.25, 0.3) is 0 Å². The Kier molecular flexibility index (Phi) is 5.14. The molecule has 1 amide bonds. The fourth-order valence-electron chi connectivity index (χ4n) is 3.30. The predicted octanol–water partition coefficient (Wildman–Crippen LogP) is 2.32. The number of hydrogen-bond donors (Lipinski definition) is 0. The number of ether oxygens (including phenoxy) is 1. The van der Waals surface area contributed by atoms with Crippen molar-refractivity contribution in [2.75, 3.05) is 13.1 Å². The maximum absolute atomic E-state index is 13.9. The highest BCUT2D eigenvalue weighted by molar-refractivity contribution is 6.04. The van der Waals surface area contributed by atoms with Gasteiger partial charge in [-0.25, -0.2) is 13.8 Å². The topological polar surface area (TPSA) is 76.9 Å². The van der Waals surface area contributed by atoms with Crippen molar-refractivity contribution in [1.82, 2.24) is 14.9 Å². The van der Waals surface area contributed by atoms with Crippen molar-refractivity contribution in [2.45, 2.75) is 31.5 Å². The van der Waals surface area contributed by atoms with Crippen molar-refractivity contribution >= 4 is 11.6 Å². The van der Waals surface area contributed by atoms with Gasteiger partial charge in [0.2, 0.25) is 12.0 Å². The van der Waals surface area contributed by atoms with Gasteiger partial charge in [-0.3, -0.25) is 9.78 Å². The number of aromatic nitrogens is 2. The smallest absolute Gasteiger partial charge is 0.266 e. The fourth-order valence-corrected chi connectivity index (χ4v) is 3.30. The van der Waals surface area contributed by atoms with E-state index in [4.69, 9.17) is 9.57 Å². The Morgan fingerprint density at radius 3 is 2.79 bits per heavy atom. The molecule has 0 aliphatic carbocycles. The average molecular weight is 388 g/mol. The molecule has 4 rings (SSSR count). The van der Waals surface area contributed by atoms with Gasteiger partial charge in [-0.05, 0) is 18.2 Å². The molecule has 1 unspecified atom stereocenters. The molecule has 0 N–H and O–H groups in total. The zero-order valence-corrected chi connectivity index (χ0v) is 14.9. The Labute approximate surface area is 160 Å². The molecule has 1 fully saturated rings. The maximum Gasteiger partial charge on any atom is 0.266 e. The Bertz CT molecular complexity index is 886. The summed E-state index contributed by atoms with van der Waals surface area (Å²) in [5.41, 5.74) is 0.252. The van der Waals surface area contributed by atoms with Crippen molar-refractivity contribution < 1.29 is 23.1 Å². The highest BCUT2D eigenvalue weighted by Gasteiger charge is 2.35. The lowest BCUT2D eigenvalue weighted by Crippen LogP contribution is -2.46. The fraction of sp³-hybridized carbons (Fsp3) is 0.368. The van der Waals surface area contributed by atoms with Gasteiger partial charge in [0.15, 0.2) is 0 Å². The van der Waals surface area contributed by atoms with Gasteiger partial charge >= 0.3 is 0 Å². The maximum atomic E-state index is 13.9. The van der Waals surface area contributed by atoms with Crippen LogP contribution >= 0.6 is 0 Å². The second-order valence-corrected chi connectivity index (χ2v) is 6.65. The van der Waals surface area contributed by atoms with E-state index in [-0.39, 0.29) is 29.7 Å². The second kappa shape index (κ2) is 7.87. The molecule has 0 spiro atoms. The molecule has 3 heterocycles. The Morgan fingerprint density at radius 1 is 1.21 bits per heavy atom. The highest BCUT2D eigenvalue weighted by atomic mass is 19.1. The molecule has 9 heteroatoms. The van der Waals surface area contributed by atoms with E-state index < -0.39 is 17.7 Å². The first-order chi connectivity index (χ1) is 13.6. The van der Waals surface area contributed by atoms with E-state index in [0.717, 1.165) is 18.2 Å². The van der Waals surface area contributed by atoms with Gasteiger partial charge in [0, 0.05) is 50.3 Å². The minimum Gasteiger partial charge on any atom is -0.473 e. The van der Waals surface area contributed by atoms with Crippen molar-refractivity contribution in [2.24, 2.45) is 5.16 Å². The van der Waals surface area contributed by atoms with E-state index in [1.165, 1.54) is 0 Å². The van der Waals surface area contributed by atoms with Gasteiger partial charge in [0.1, 0.15) is 17.7 Å². The van der Waals surface area contributed by atoms with Crippen molar-refractivity contribution in [1.29, 1.82) is 0 Å². The number of carbonyl (C=O) groups excluding carboxylic acids is 1. The highest BCUT2D eigenvalue weighted by Crippen LogP contribution is 2.23. The van der Waals surface area contributed by atoms with Crippen LogP contribution in [0.2, 0.25) is 0 Å². The molecule has 0 saturated carbocycles. The summed E-state index contributed by atoms with van der Waals surface area (Å²) in [6.45, 7) is 1.01. The SMILES string of the molecule is O=C(C1CC(c2cc(F)ccc2F)=NO1)N1CCC(Oc2cnccn2)CC1. The first-order valence-electron chi connectivity index (χ1n) is 9.00. The lowest BCUT2D eigenvalue weighted by atomic mass is 10.0. The number of carbonyl (C=O) groups is 1. The third-order valence-corrected chi connectivity index (χ3v) is 4.76. The summed E-state index contributed by atoms with van der Waals surface area (Å²) >= 11 is 0. The molecule has 1 aromatic heterocycles. The number of oxime groups is 1. The molecule has 2 aliphatic heterocycles. The summed E-state index contributed by atoms with van der Waals surface area (Å²) < 4.78 is 33.1. The molecule has 1 saturated heterocycles. The average Bonchev–Trinajstić information content (AvgIpc) is 3.21. The van der Waals surface area contributed by atoms with Crippen LogP contribution in [-0.2, 0) is 9.63 Å². The summed E-state index contributed by atoms with van der Waals surface area (Å²) in [6.07, 6.45) is 5.23. The van der Waals surface area contributed by atoms with Crippen LogP contribution in [0.15, 0.2) is 41.9 Å². The Morgan fingerprint density at radius 2 is 2.04 bits per heavy atom. The number of amides is 1. The molecule has 0 bridgehead atoms. The standard InChI is InChI=1S/C19H18F2N4O3/c20-12-1-2-15(21)14(9-12)16-10-17(28-24-16)19(26)25-7-3-13(4-8-25)27-18-11-22-5-6-23-18/h1-2,5-6,9,11,13,17H,3-4,7-8,10H2. The van der Waals surface area contributed by atoms with Crippen molar-refractivity contribution in [3.05, 3.63) is 54.0 Å². The third kappa shape index (κ3) is 3.92. The van der Waals surface area contributed by atoms with Crippen LogP contribution in [0.5, 0.6) is 5.88 Å². The number of likely N-dealkylation sites (tertiary alicyclic amines) is 1. The van der Waals surface area contributed by atoms with Gasteiger partial charge in [-0.1, -0.05) is 5.16 Å². The van der Waals surface area contributed by atoms with E-state index in [1.807, 2.05) is 0 Å². The monoisotopic (exact) mass is 388 g/mol. The van der Waals surface area contributed by atoms with Crippen LogP contribution in [0, 0.1) is 11.6 Å². The molecule has 0 radical (unpaired) electrons. The molecule has 28 heavy (non-hydrogen) atoms. The largest absolute Gasteiger partial charge is 0.473 e. The van der Waals surface area contributed by atoms with E-state index in [9.17, 15) is 13.6 Å². The number of nitrogens with zero attached hydrogens (tertiary/aromatic N) is 4. The van der Waals surface area contributed by atoms with Crippen molar-refractivity contribution in [3.63, 3.8) is 0 Å². The summed E-state index contributed by atoms with van der Waals surface area (Å²) in [4.78, 5) is 27.6. The Hall–Kier alpha value is -3.10. The zero-order valence-electron chi connectivity index (χ0n) is 14.9. The molecular weight excluding hydrogens is 370 g/mol. The van der Waals surface area contributed by atoms with Crippen molar-refractivity contribution in [3.8, 4) is 5.88 Å². The summed E-state index contributed by atoms with van der Waals surface area (Å²) in [6, 6.07) is 3.12. The number of benzene rings is 1. The Balaban J connectivity index is 1.31. The zero-order chi connectivity index (χ0) is 19.5. The lowest BCUT2D eigenvalue weighted by molar-refractivity contribution is -0.143. The van der Waals surface area contributed by atoms with Gasteiger partial charge < -0.3 is 14.5 Å². The van der Waals surface area contributed by atoms with Crippen LogP contribution < -0.4 is 4.74 Å². The normalized spacial score (nSPS) is 19.9.